The van der Waals surface area contributed by atoms with Crippen molar-refractivity contribution in [1.29, 1.82) is 0 Å². The first kappa shape index (κ1) is 78.1. The van der Waals surface area contributed by atoms with Gasteiger partial charge in [-0.25, -0.2) is 15.0 Å². The molecule has 0 unspecified atom stereocenters. The lowest BCUT2D eigenvalue weighted by Gasteiger charge is -2.13. The summed E-state index contributed by atoms with van der Waals surface area (Å²) in [6.45, 7) is 0. The number of fused-ring (bicyclic) bond motifs is 24. The summed E-state index contributed by atoms with van der Waals surface area (Å²) >= 11 is 0. The van der Waals surface area contributed by atoms with E-state index in [2.05, 4.69) is 511 Å². The van der Waals surface area contributed by atoms with E-state index in [-0.39, 0.29) is 0 Å². The van der Waals surface area contributed by atoms with Crippen molar-refractivity contribution >= 4 is 163 Å². The van der Waals surface area contributed by atoms with Crippen LogP contribution in [0.5, 0.6) is 0 Å². The van der Waals surface area contributed by atoms with Gasteiger partial charge in [0.25, 0.3) is 0 Å². The highest BCUT2D eigenvalue weighted by molar-refractivity contribution is 6.26. The zero-order chi connectivity index (χ0) is 89.0. The number of hydrogen-bond donors (Lipinski definition) is 0. The van der Waals surface area contributed by atoms with Crippen LogP contribution in [0.2, 0.25) is 0 Å². The van der Waals surface area contributed by atoms with E-state index in [0.29, 0.717) is 0 Å². The molecule has 6 heterocycles. The second-order valence-corrected chi connectivity index (χ2v) is 35.1. The molecule has 28 rings (SSSR count). The van der Waals surface area contributed by atoms with Gasteiger partial charge in [0.1, 0.15) is 0 Å². The van der Waals surface area contributed by atoms with Crippen LogP contribution in [0.25, 0.3) is 258 Å². The van der Waals surface area contributed by atoms with E-state index < -0.39 is 0 Å². The molecule has 0 amide bonds. The van der Waals surface area contributed by atoms with Crippen molar-refractivity contribution in [1.82, 2.24) is 28.7 Å². The Morgan fingerprint density at radius 1 is 0.126 bits per heavy atom. The second kappa shape index (κ2) is 32.6. The van der Waals surface area contributed by atoms with Gasteiger partial charge in [-0.2, -0.15) is 0 Å². The smallest absolute Gasteiger partial charge is 0.0788 e. The van der Waals surface area contributed by atoms with Gasteiger partial charge in [-0.1, -0.05) is 406 Å². The maximum atomic E-state index is 5.19. The Hall–Kier alpha value is -18.0. The third-order valence-corrected chi connectivity index (χ3v) is 27.6. The molecule has 0 N–H and O–H groups in total. The normalized spacial score (nSPS) is 11.7. The third kappa shape index (κ3) is 13.4. The number of nitrogens with zero attached hydrogens (tertiary/aromatic N) is 6. The summed E-state index contributed by atoms with van der Waals surface area (Å²) in [6, 6.07) is 179. The number of hydrogen-bond acceptors (Lipinski definition) is 3. The summed E-state index contributed by atoms with van der Waals surface area (Å²) in [4.78, 5) is 15.5. The molecule has 0 aliphatic carbocycles. The topological polar surface area (TPSA) is 53.5 Å². The van der Waals surface area contributed by atoms with Crippen molar-refractivity contribution in [3.8, 4) is 95.3 Å². The number of rotatable bonds is 10. The lowest BCUT2D eigenvalue weighted by Crippen LogP contribution is -1.94. The van der Waals surface area contributed by atoms with Crippen molar-refractivity contribution in [2.45, 2.75) is 0 Å². The summed E-state index contributed by atoms with van der Waals surface area (Å²) in [5.74, 6) is 0. The Kier molecular flexibility index (Phi) is 18.9. The maximum Gasteiger partial charge on any atom is 0.0788 e. The first-order chi connectivity index (χ1) is 67.0. The Morgan fingerprint density at radius 2 is 0.341 bits per heavy atom. The second-order valence-electron chi connectivity index (χ2n) is 35.1. The minimum atomic E-state index is 1.02. The van der Waals surface area contributed by atoms with Crippen molar-refractivity contribution < 1.29 is 0 Å². The van der Waals surface area contributed by atoms with Crippen LogP contribution >= 0.6 is 0 Å². The Labute approximate surface area is 778 Å². The van der Waals surface area contributed by atoms with Crippen LogP contribution in [0.3, 0.4) is 0 Å². The first-order valence-corrected chi connectivity index (χ1v) is 46.3. The van der Waals surface area contributed by atoms with Gasteiger partial charge in [0.2, 0.25) is 0 Å². The van der Waals surface area contributed by atoms with E-state index in [9.17, 15) is 0 Å². The average Bonchev–Trinajstić information content (AvgIpc) is 1.73. The van der Waals surface area contributed by atoms with Crippen molar-refractivity contribution in [2.24, 2.45) is 0 Å². The van der Waals surface area contributed by atoms with Crippen LogP contribution in [-0.4, -0.2) is 28.7 Å². The molecule has 0 aliphatic heterocycles. The molecule has 28 aromatic rings. The molecule has 6 heteroatoms. The molecule has 0 spiro atoms. The zero-order valence-corrected chi connectivity index (χ0v) is 73.5. The Balaban J connectivity index is 0.000000106. The van der Waals surface area contributed by atoms with E-state index in [1.54, 1.807) is 0 Å². The molecule has 628 valence electrons. The van der Waals surface area contributed by atoms with Gasteiger partial charge in [-0.3, -0.25) is 0 Å². The van der Waals surface area contributed by atoms with Gasteiger partial charge in [0.05, 0.1) is 66.7 Å². The molecule has 6 aromatic heterocycles. The van der Waals surface area contributed by atoms with Crippen LogP contribution in [0.4, 0.5) is 0 Å². The van der Waals surface area contributed by atoms with Gasteiger partial charge < -0.3 is 13.7 Å². The van der Waals surface area contributed by atoms with Crippen LogP contribution in [0.15, 0.2) is 497 Å². The summed E-state index contributed by atoms with van der Waals surface area (Å²) < 4.78 is 7.09. The van der Waals surface area contributed by atoms with E-state index >= 15 is 0 Å². The first-order valence-electron chi connectivity index (χ1n) is 46.3. The number of pyridine rings is 3. The quantitative estimate of drug-likeness (QED) is 0.128. The van der Waals surface area contributed by atoms with Gasteiger partial charge in [0.15, 0.2) is 0 Å². The fourth-order valence-corrected chi connectivity index (χ4v) is 21.2. The highest BCUT2D eigenvalue weighted by atomic mass is 15.0. The van der Waals surface area contributed by atoms with Crippen LogP contribution in [0, 0.1) is 0 Å². The van der Waals surface area contributed by atoms with Gasteiger partial charge in [-0.15, -0.1) is 0 Å². The largest absolute Gasteiger partial charge is 0.309 e. The van der Waals surface area contributed by atoms with E-state index in [0.717, 1.165) is 61.7 Å². The van der Waals surface area contributed by atoms with Crippen molar-refractivity contribution in [3.05, 3.63) is 497 Å². The van der Waals surface area contributed by atoms with Crippen molar-refractivity contribution in [3.63, 3.8) is 0 Å². The lowest BCUT2D eigenvalue weighted by molar-refractivity contribution is 1.18. The van der Waals surface area contributed by atoms with Gasteiger partial charge >= 0.3 is 0 Å². The predicted octanol–water partition coefficient (Wildman–Crippen LogP) is 34.6. The molecule has 0 aliphatic rings. The maximum absolute atomic E-state index is 5.19. The SMILES string of the molecule is c1cc(-c2ccc(-c3nc4ccccc4c4c3ccc3ccccc34)cc2)cc(-n2c3ccccc3c3ccccc32)c1.c1ccc2c(c1)ccc1c(-c3ccc(-c4ccc(-c5ccc(-n6c7ccccc7c7ccccc76)cc5)cc4)cc3)nc3ccccc3c12.c1ccc2c(c1)ccc1c(-c3ccc(-c4ccc(-n5c6ccccc6c6ccccc65)cc4)cc3)nc3ccccc3c12. The third-order valence-electron chi connectivity index (χ3n) is 27.6. The fourth-order valence-electron chi connectivity index (χ4n) is 21.2. The average molecular weight is 1720 g/mol. The summed E-state index contributed by atoms with van der Waals surface area (Å²) in [5, 5.41) is 26.1. The molecule has 0 radical (unpaired) electrons. The lowest BCUT2D eigenvalue weighted by atomic mass is 9.94. The summed E-state index contributed by atoms with van der Waals surface area (Å²) in [7, 11) is 0. The van der Waals surface area contributed by atoms with Gasteiger partial charge in [-0.05, 0) is 168 Å². The number of aromatic nitrogens is 6. The minimum Gasteiger partial charge on any atom is -0.309 e. The monoisotopic (exact) mass is 1710 g/mol. The standard InChI is InChI=1S/C47H30N2.2C41H26N2/c1-2-10-38-35(9-1)27-30-42-46(38)41-13-3-6-14-43(41)48-47(42)36-23-21-33(22-24-36)31-17-19-32(20-18-31)34-25-28-37(29-26-34)49-44-15-7-4-11-39(44)40-12-5-8-16-45(40)49;1-2-13-32-28(10-1)24-25-36-40(32)35-16-3-6-17-37(35)42-41(36)29-22-20-27(21-23-29)30-11-9-12-31(26-30)43-38-18-7-4-14-33(38)34-15-5-8-19-39(34)43;1-2-10-32-29(9-1)23-26-36-40(32)35-13-3-6-14-37(35)42-41(36)30-19-17-27(18-20-30)28-21-24-31(25-22-28)43-38-15-7-4-11-33(38)34-12-5-8-16-39(34)43/h1-30H;2*1-26H. The van der Waals surface area contributed by atoms with Crippen LogP contribution in [0.1, 0.15) is 0 Å². The molecule has 0 atom stereocenters. The van der Waals surface area contributed by atoms with E-state index in [1.807, 2.05) is 0 Å². The van der Waals surface area contributed by atoms with Crippen LogP contribution < -0.4 is 0 Å². The molecule has 135 heavy (non-hydrogen) atoms. The molecule has 0 fully saturated rings. The van der Waals surface area contributed by atoms with E-state index in [1.165, 1.54) is 196 Å². The van der Waals surface area contributed by atoms with E-state index in [4.69, 9.17) is 15.0 Å². The summed E-state index contributed by atoms with van der Waals surface area (Å²) in [6.07, 6.45) is 0. The molecular formula is C129H82N6. The van der Waals surface area contributed by atoms with Crippen molar-refractivity contribution in [2.75, 3.05) is 0 Å². The predicted molar refractivity (Wildman–Crippen MR) is 571 cm³/mol. The molecule has 0 saturated heterocycles. The number of para-hydroxylation sites is 9. The molecule has 0 saturated carbocycles. The fraction of sp³-hybridized carbons (Fsp3) is 0. The highest BCUT2D eigenvalue weighted by Crippen LogP contribution is 2.45. The van der Waals surface area contributed by atoms with Crippen LogP contribution in [-0.2, 0) is 0 Å². The molecule has 22 aromatic carbocycles. The van der Waals surface area contributed by atoms with Gasteiger partial charge in [0, 0.05) is 115 Å². The minimum absolute atomic E-state index is 1.02. The highest BCUT2D eigenvalue weighted by Gasteiger charge is 2.22. The number of benzene rings is 22. The molecular weight excluding hydrogens is 1630 g/mol. The molecule has 6 nitrogen and oxygen atoms in total. The Morgan fingerprint density at radius 3 is 0.622 bits per heavy atom. The zero-order valence-electron chi connectivity index (χ0n) is 73.5. The molecule has 0 bridgehead atoms. The summed E-state index contributed by atoms with van der Waals surface area (Å²) in [5.41, 5.74) is 29.8. The Bertz CT molecular complexity index is 9380.